The van der Waals surface area contributed by atoms with Gasteiger partial charge in [-0.3, -0.25) is 0 Å². The van der Waals surface area contributed by atoms with Crippen LogP contribution in [0, 0.1) is 5.92 Å². The zero-order chi connectivity index (χ0) is 12.2. The summed E-state index contributed by atoms with van der Waals surface area (Å²) >= 11 is 0. The van der Waals surface area contributed by atoms with Crippen molar-refractivity contribution >= 4 is 0 Å². The molecule has 0 aromatic heterocycles. The zero-order valence-electron chi connectivity index (χ0n) is 11.6. The van der Waals surface area contributed by atoms with Gasteiger partial charge in [-0.2, -0.15) is 0 Å². The van der Waals surface area contributed by atoms with E-state index < -0.39 is 0 Å². The first-order valence-corrected chi connectivity index (χ1v) is 7.21. The number of nitrogens with one attached hydrogen (secondary N) is 1. The van der Waals surface area contributed by atoms with Crippen LogP contribution < -0.4 is 11.1 Å². The molecular weight excluding hydrogens is 196 g/mol. The maximum atomic E-state index is 5.79. The third kappa shape index (κ3) is 8.12. The number of rotatable bonds is 11. The van der Waals surface area contributed by atoms with Crippen molar-refractivity contribution in [2.24, 2.45) is 11.7 Å². The van der Waals surface area contributed by atoms with E-state index in [4.69, 9.17) is 5.73 Å². The van der Waals surface area contributed by atoms with E-state index in [1.54, 1.807) is 0 Å². The van der Waals surface area contributed by atoms with E-state index in [0.717, 1.165) is 19.0 Å². The van der Waals surface area contributed by atoms with Crippen LogP contribution in [0.4, 0.5) is 0 Å². The molecule has 98 valence electrons. The highest BCUT2D eigenvalue weighted by Crippen LogP contribution is 2.08. The largest absolute Gasteiger partial charge is 0.329 e. The predicted octanol–water partition coefficient (Wildman–Crippen LogP) is 3.31. The van der Waals surface area contributed by atoms with Crippen LogP contribution in [0.15, 0.2) is 0 Å². The Morgan fingerprint density at radius 2 is 1.69 bits per heavy atom. The molecule has 16 heavy (non-hydrogen) atoms. The molecule has 1 atom stereocenters. The average Bonchev–Trinajstić information content (AvgIpc) is 2.33. The van der Waals surface area contributed by atoms with Crippen LogP contribution in [0.25, 0.3) is 0 Å². The van der Waals surface area contributed by atoms with Crippen LogP contribution in [0.2, 0.25) is 0 Å². The molecule has 0 aliphatic heterocycles. The van der Waals surface area contributed by atoms with Crippen molar-refractivity contribution in [3.05, 3.63) is 0 Å². The van der Waals surface area contributed by atoms with E-state index >= 15 is 0 Å². The summed E-state index contributed by atoms with van der Waals surface area (Å²) in [5.74, 6) is 0.824. The summed E-state index contributed by atoms with van der Waals surface area (Å²) in [5, 5.41) is 3.62. The van der Waals surface area contributed by atoms with Gasteiger partial charge in [0, 0.05) is 12.6 Å². The second-order valence-electron chi connectivity index (χ2n) is 4.87. The summed E-state index contributed by atoms with van der Waals surface area (Å²) in [6.07, 6.45) is 9.16. The van der Waals surface area contributed by atoms with E-state index in [0.29, 0.717) is 6.04 Å². The van der Waals surface area contributed by atoms with Crippen molar-refractivity contribution in [3.63, 3.8) is 0 Å². The summed E-state index contributed by atoms with van der Waals surface area (Å²) in [4.78, 5) is 0. The van der Waals surface area contributed by atoms with Gasteiger partial charge in [-0.05, 0) is 18.9 Å². The first kappa shape index (κ1) is 15.9. The summed E-state index contributed by atoms with van der Waals surface area (Å²) in [5.41, 5.74) is 5.79. The van der Waals surface area contributed by atoms with Crippen LogP contribution in [-0.4, -0.2) is 19.1 Å². The first-order valence-electron chi connectivity index (χ1n) is 7.21. The Hall–Kier alpha value is -0.0800. The van der Waals surface area contributed by atoms with Crippen molar-refractivity contribution in [2.75, 3.05) is 13.1 Å². The van der Waals surface area contributed by atoms with Crippen LogP contribution in [0.3, 0.4) is 0 Å². The number of hydrogen-bond acceptors (Lipinski definition) is 2. The van der Waals surface area contributed by atoms with E-state index in [1.807, 2.05) is 0 Å². The normalized spacial score (nSPS) is 13.3. The monoisotopic (exact) mass is 228 g/mol. The zero-order valence-corrected chi connectivity index (χ0v) is 11.6. The lowest BCUT2D eigenvalue weighted by Crippen LogP contribution is -2.38. The lowest BCUT2D eigenvalue weighted by molar-refractivity contribution is 0.389. The lowest BCUT2D eigenvalue weighted by Gasteiger charge is -2.20. The highest BCUT2D eigenvalue weighted by atomic mass is 14.9. The highest BCUT2D eigenvalue weighted by molar-refractivity contribution is 4.70. The molecule has 0 bridgehead atoms. The molecule has 0 heterocycles. The van der Waals surface area contributed by atoms with Gasteiger partial charge in [0.1, 0.15) is 0 Å². The van der Waals surface area contributed by atoms with E-state index in [2.05, 4.69) is 26.1 Å². The minimum absolute atomic E-state index is 0.539. The van der Waals surface area contributed by atoms with Gasteiger partial charge in [0.2, 0.25) is 0 Å². The summed E-state index contributed by atoms with van der Waals surface area (Å²) in [6, 6.07) is 0.539. The fraction of sp³-hybridized carbons (Fsp3) is 1.00. The Balaban J connectivity index is 3.57. The second kappa shape index (κ2) is 11.4. The Labute approximate surface area is 102 Å². The molecule has 0 aromatic rings. The molecule has 0 rings (SSSR count). The average molecular weight is 228 g/mol. The highest BCUT2D eigenvalue weighted by Gasteiger charge is 2.08. The van der Waals surface area contributed by atoms with Gasteiger partial charge in [0.05, 0.1) is 0 Å². The number of hydrogen-bond donors (Lipinski definition) is 2. The SMILES string of the molecule is CCCCCCC(CN)NCC(CC)CC. The fourth-order valence-electron chi connectivity index (χ4n) is 2.03. The molecule has 0 spiro atoms. The Morgan fingerprint density at radius 3 is 2.19 bits per heavy atom. The second-order valence-corrected chi connectivity index (χ2v) is 4.87. The maximum absolute atomic E-state index is 5.79. The molecule has 0 aliphatic carbocycles. The van der Waals surface area contributed by atoms with Crippen LogP contribution in [0.1, 0.15) is 65.7 Å². The third-order valence-electron chi connectivity index (χ3n) is 3.54. The molecule has 1 unspecified atom stereocenters. The molecule has 2 heteroatoms. The lowest BCUT2D eigenvalue weighted by atomic mass is 10.0. The molecule has 0 fully saturated rings. The molecule has 0 radical (unpaired) electrons. The molecule has 0 amide bonds. The summed E-state index contributed by atoms with van der Waals surface area (Å²) in [7, 11) is 0. The van der Waals surface area contributed by atoms with Gasteiger partial charge in [0.25, 0.3) is 0 Å². The van der Waals surface area contributed by atoms with Crippen LogP contribution in [0.5, 0.6) is 0 Å². The quantitative estimate of drug-likeness (QED) is 0.532. The molecule has 2 nitrogen and oxygen atoms in total. The van der Waals surface area contributed by atoms with E-state index in [9.17, 15) is 0 Å². The van der Waals surface area contributed by atoms with Crippen LogP contribution >= 0.6 is 0 Å². The molecule has 0 aliphatic rings. The van der Waals surface area contributed by atoms with Crippen molar-refractivity contribution in [2.45, 2.75) is 71.8 Å². The topological polar surface area (TPSA) is 38.0 Å². The summed E-state index contributed by atoms with van der Waals surface area (Å²) in [6.45, 7) is 8.73. The van der Waals surface area contributed by atoms with Crippen LogP contribution in [-0.2, 0) is 0 Å². The Morgan fingerprint density at radius 1 is 1.00 bits per heavy atom. The number of nitrogens with two attached hydrogens (primary N) is 1. The van der Waals surface area contributed by atoms with Gasteiger partial charge in [-0.1, -0.05) is 59.3 Å². The maximum Gasteiger partial charge on any atom is 0.0190 e. The molecule has 3 N–H and O–H groups in total. The Bertz CT molecular complexity index is 133. The summed E-state index contributed by atoms with van der Waals surface area (Å²) < 4.78 is 0. The van der Waals surface area contributed by atoms with Crippen molar-refractivity contribution in [3.8, 4) is 0 Å². The molecule has 0 saturated heterocycles. The van der Waals surface area contributed by atoms with Crippen molar-refractivity contribution in [1.82, 2.24) is 5.32 Å². The van der Waals surface area contributed by atoms with Gasteiger partial charge < -0.3 is 11.1 Å². The van der Waals surface area contributed by atoms with Gasteiger partial charge in [-0.15, -0.1) is 0 Å². The predicted molar refractivity (Wildman–Crippen MR) is 73.7 cm³/mol. The minimum Gasteiger partial charge on any atom is -0.329 e. The smallest absolute Gasteiger partial charge is 0.0190 e. The number of unbranched alkanes of at least 4 members (excludes halogenated alkanes) is 3. The van der Waals surface area contributed by atoms with Gasteiger partial charge in [-0.25, -0.2) is 0 Å². The standard InChI is InChI=1S/C14H32N2/c1-4-7-8-9-10-14(11-15)16-12-13(5-2)6-3/h13-14,16H,4-12,15H2,1-3H3. The van der Waals surface area contributed by atoms with Gasteiger partial charge in [0.15, 0.2) is 0 Å². The molecule has 0 aromatic carbocycles. The van der Waals surface area contributed by atoms with Crippen molar-refractivity contribution in [1.29, 1.82) is 0 Å². The third-order valence-corrected chi connectivity index (χ3v) is 3.54. The van der Waals surface area contributed by atoms with Crippen molar-refractivity contribution < 1.29 is 0 Å². The van der Waals surface area contributed by atoms with E-state index in [-0.39, 0.29) is 0 Å². The first-order chi connectivity index (χ1) is 7.78. The molecule has 0 saturated carbocycles. The Kier molecular flexibility index (Phi) is 11.3. The molecular formula is C14H32N2. The van der Waals surface area contributed by atoms with E-state index in [1.165, 1.54) is 44.9 Å². The minimum atomic E-state index is 0.539. The van der Waals surface area contributed by atoms with Gasteiger partial charge >= 0.3 is 0 Å². The fourth-order valence-corrected chi connectivity index (χ4v) is 2.03.